The number of methoxy groups -OCH3 is 1. The summed E-state index contributed by atoms with van der Waals surface area (Å²) in [7, 11) is 1.75. The van der Waals surface area contributed by atoms with Crippen LogP contribution in [0.25, 0.3) is 0 Å². The van der Waals surface area contributed by atoms with E-state index in [0.29, 0.717) is 10.2 Å². The van der Waals surface area contributed by atoms with Crippen LogP contribution in [0.2, 0.25) is 0 Å². The lowest BCUT2D eigenvalue weighted by atomic mass is 9.89. The van der Waals surface area contributed by atoms with Gasteiger partial charge in [0.15, 0.2) is 0 Å². The van der Waals surface area contributed by atoms with Gasteiger partial charge < -0.3 is 4.74 Å². The maximum absolute atomic E-state index is 5.09. The number of ether oxygens (including phenoxy) is 1. The van der Waals surface area contributed by atoms with E-state index in [9.17, 15) is 0 Å². The van der Waals surface area contributed by atoms with Crippen LogP contribution in [-0.4, -0.2) is 18.5 Å². The zero-order valence-corrected chi connectivity index (χ0v) is 8.86. The standard InChI is InChI=1S/C8H17BrO/c1-7(9)5-8(2,3)6-10-4/h7H,5-6H2,1-4H3. The van der Waals surface area contributed by atoms with Crippen LogP contribution >= 0.6 is 15.9 Å². The SMILES string of the molecule is COCC(C)(C)CC(C)Br. The average Bonchev–Trinajstić information content (AvgIpc) is 1.59. The van der Waals surface area contributed by atoms with Gasteiger partial charge in [-0.2, -0.15) is 0 Å². The zero-order valence-electron chi connectivity index (χ0n) is 7.28. The van der Waals surface area contributed by atoms with Crippen LogP contribution in [0.4, 0.5) is 0 Å². The van der Waals surface area contributed by atoms with Gasteiger partial charge in [-0.1, -0.05) is 36.7 Å². The van der Waals surface area contributed by atoms with Crippen molar-refractivity contribution in [1.29, 1.82) is 0 Å². The molecule has 0 aromatic rings. The van der Waals surface area contributed by atoms with Gasteiger partial charge in [-0.15, -0.1) is 0 Å². The van der Waals surface area contributed by atoms with E-state index in [1.807, 2.05) is 0 Å². The van der Waals surface area contributed by atoms with E-state index in [1.54, 1.807) is 7.11 Å². The first-order valence-electron chi connectivity index (χ1n) is 3.61. The molecule has 0 bridgehead atoms. The summed E-state index contributed by atoms with van der Waals surface area (Å²) in [5.74, 6) is 0. The number of rotatable bonds is 4. The fourth-order valence-electron chi connectivity index (χ4n) is 1.21. The number of hydrogen-bond acceptors (Lipinski definition) is 1. The van der Waals surface area contributed by atoms with E-state index >= 15 is 0 Å². The minimum atomic E-state index is 0.303. The van der Waals surface area contributed by atoms with Gasteiger partial charge in [0.25, 0.3) is 0 Å². The Bertz CT molecular complexity index is 89.3. The van der Waals surface area contributed by atoms with Crippen molar-refractivity contribution < 1.29 is 4.74 Å². The second-order valence-electron chi connectivity index (χ2n) is 3.58. The Morgan fingerprint density at radius 2 is 2.00 bits per heavy atom. The van der Waals surface area contributed by atoms with Crippen molar-refractivity contribution in [2.75, 3.05) is 13.7 Å². The molecule has 10 heavy (non-hydrogen) atoms. The summed E-state index contributed by atoms with van der Waals surface area (Å²) in [5, 5.41) is 0. The molecule has 0 aliphatic heterocycles. The molecule has 0 radical (unpaired) electrons. The van der Waals surface area contributed by atoms with E-state index in [-0.39, 0.29) is 0 Å². The highest BCUT2D eigenvalue weighted by molar-refractivity contribution is 9.09. The Labute approximate surface area is 72.3 Å². The monoisotopic (exact) mass is 208 g/mol. The highest BCUT2D eigenvalue weighted by atomic mass is 79.9. The van der Waals surface area contributed by atoms with Crippen LogP contribution < -0.4 is 0 Å². The third kappa shape index (κ3) is 5.24. The van der Waals surface area contributed by atoms with E-state index in [2.05, 4.69) is 36.7 Å². The van der Waals surface area contributed by atoms with Crippen LogP contribution in [0, 0.1) is 5.41 Å². The van der Waals surface area contributed by atoms with Gasteiger partial charge >= 0.3 is 0 Å². The smallest absolute Gasteiger partial charge is 0.0513 e. The van der Waals surface area contributed by atoms with Crippen molar-refractivity contribution in [3.63, 3.8) is 0 Å². The van der Waals surface area contributed by atoms with Gasteiger partial charge in [0, 0.05) is 11.9 Å². The molecule has 0 aromatic carbocycles. The molecule has 62 valence electrons. The van der Waals surface area contributed by atoms with Crippen molar-refractivity contribution in [1.82, 2.24) is 0 Å². The Kier molecular flexibility index (Phi) is 4.54. The Morgan fingerprint density at radius 1 is 1.50 bits per heavy atom. The second-order valence-corrected chi connectivity index (χ2v) is 5.15. The third-order valence-corrected chi connectivity index (χ3v) is 1.69. The quantitative estimate of drug-likeness (QED) is 0.647. The number of hydrogen-bond donors (Lipinski definition) is 0. The molecule has 1 atom stereocenters. The van der Waals surface area contributed by atoms with Crippen LogP contribution in [0.1, 0.15) is 27.2 Å². The Balaban J connectivity index is 3.63. The van der Waals surface area contributed by atoms with Crippen molar-refractivity contribution >= 4 is 15.9 Å². The molecule has 0 fully saturated rings. The number of alkyl halides is 1. The molecule has 0 aliphatic carbocycles. The summed E-state index contributed by atoms with van der Waals surface area (Å²) in [6.07, 6.45) is 1.15. The fraction of sp³-hybridized carbons (Fsp3) is 1.00. The molecule has 0 amide bonds. The normalized spacial score (nSPS) is 15.3. The molecule has 0 spiro atoms. The van der Waals surface area contributed by atoms with Gasteiger partial charge in [-0.25, -0.2) is 0 Å². The fourth-order valence-corrected chi connectivity index (χ4v) is 2.09. The van der Waals surface area contributed by atoms with Gasteiger partial charge in [-0.05, 0) is 11.8 Å². The summed E-state index contributed by atoms with van der Waals surface area (Å²) < 4.78 is 5.09. The minimum Gasteiger partial charge on any atom is -0.384 e. The maximum Gasteiger partial charge on any atom is 0.0513 e. The molecule has 0 heterocycles. The largest absolute Gasteiger partial charge is 0.384 e. The molecule has 0 N–H and O–H groups in total. The summed E-state index contributed by atoms with van der Waals surface area (Å²) in [6.45, 7) is 7.43. The molecule has 0 aliphatic rings. The zero-order chi connectivity index (χ0) is 8.20. The van der Waals surface area contributed by atoms with Gasteiger partial charge in [0.1, 0.15) is 0 Å². The van der Waals surface area contributed by atoms with Crippen molar-refractivity contribution in [2.24, 2.45) is 5.41 Å². The molecule has 0 rings (SSSR count). The molecule has 2 heteroatoms. The Morgan fingerprint density at radius 3 is 2.30 bits per heavy atom. The van der Waals surface area contributed by atoms with Gasteiger partial charge in [-0.3, -0.25) is 0 Å². The first kappa shape index (κ1) is 10.4. The second kappa shape index (κ2) is 4.35. The van der Waals surface area contributed by atoms with Crippen molar-refractivity contribution in [3.8, 4) is 0 Å². The average molecular weight is 209 g/mol. The first-order valence-corrected chi connectivity index (χ1v) is 4.52. The maximum atomic E-state index is 5.09. The molecule has 0 saturated heterocycles. The lowest BCUT2D eigenvalue weighted by Gasteiger charge is -2.24. The lowest BCUT2D eigenvalue weighted by molar-refractivity contribution is 0.0991. The molecule has 0 saturated carbocycles. The predicted molar refractivity (Wildman–Crippen MR) is 48.7 cm³/mol. The summed E-state index contributed by atoms with van der Waals surface area (Å²) in [5.41, 5.74) is 0.303. The van der Waals surface area contributed by atoms with E-state index < -0.39 is 0 Å². The minimum absolute atomic E-state index is 0.303. The highest BCUT2D eigenvalue weighted by Crippen LogP contribution is 2.25. The predicted octanol–water partition coefficient (Wildman–Crippen LogP) is 2.83. The van der Waals surface area contributed by atoms with Crippen LogP contribution in [0.5, 0.6) is 0 Å². The van der Waals surface area contributed by atoms with Crippen molar-refractivity contribution in [3.05, 3.63) is 0 Å². The van der Waals surface area contributed by atoms with E-state index in [0.717, 1.165) is 13.0 Å². The molecule has 0 aromatic heterocycles. The summed E-state index contributed by atoms with van der Waals surface area (Å²) >= 11 is 3.52. The number of halogens is 1. The topological polar surface area (TPSA) is 9.23 Å². The Hall–Kier alpha value is 0.440. The van der Waals surface area contributed by atoms with E-state index in [1.165, 1.54) is 0 Å². The van der Waals surface area contributed by atoms with Crippen LogP contribution in [-0.2, 0) is 4.74 Å². The van der Waals surface area contributed by atoms with Gasteiger partial charge in [0.05, 0.1) is 6.61 Å². The lowest BCUT2D eigenvalue weighted by Crippen LogP contribution is -2.21. The van der Waals surface area contributed by atoms with E-state index in [4.69, 9.17) is 4.74 Å². The van der Waals surface area contributed by atoms with Crippen LogP contribution in [0.3, 0.4) is 0 Å². The molecular weight excluding hydrogens is 192 g/mol. The highest BCUT2D eigenvalue weighted by Gasteiger charge is 2.19. The molecule has 1 unspecified atom stereocenters. The molecule has 1 nitrogen and oxygen atoms in total. The first-order chi connectivity index (χ1) is 4.48. The molecular formula is C8H17BrO. The van der Waals surface area contributed by atoms with Crippen molar-refractivity contribution in [2.45, 2.75) is 32.0 Å². The van der Waals surface area contributed by atoms with Gasteiger partial charge in [0.2, 0.25) is 0 Å². The van der Waals surface area contributed by atoms with Crippen LogP contribution in [0.15, 0.2) is 0 Å². The summed E-state index contributed by atoms with van der Waals surface area (Å²) in [6, 6.07) is 0. The summed E-state index contributed by atoms with van der Waals surface area (Å²) in [4.78, 5) is 0.581. The third-order valence-electron chi connectivity index (χ3n) is 1.37.